The fourth-order valence-corrected chi connectivity index (χ4v) is 1.56. The zero-order chi connectivity index (χ0) is 15.6. The van der Waals surface area contributed by atoms with Crippen molar-refractivity contribution < 1.29 is 26.3 Å². The fraction of sp³-hybridized carbons (Fsp3) is 0.538. The van der Waals surface area contributed by atoms with Crippen LogP contribution in [-0.2, 0) is 18.9 Å². The molecule has 0 aliphatic rings. The highest BCUT2D eigenvalue weighted by Gasteiger charge is 2.36. The first-order valence-electron chi connectivity index (χ1n) is 6.05. The maximum absolute atomic E-state index is 12.6. The molecule has 20 heavy (non-hydrogen) atoms. The summed E-state index contributed by atoms with van der Waals surface area (Å²) in [5, 5.41) is 2.87. The van der Waals surface area contributed by atoms with E-state index in [9.17, 15) is 26.3 Å². The molecule has 0 spiro atoms. The summed E-state index contributed by atoms with van der Waals surface area (Å²) in [7, 11) is 0. The van der Waals surface area contributed by atoms with Crippen molar-refractivity contribution in [3.63, 3.8) is 0 Å². The van der Waals surface area contributed by atoms with E-state index in [1.54, 1.807) is 6.92 Å². The van der Waals surface area contributed by atoms with Crippen molar-refractivity contribution in [3.8, 4) is 0 Å². The van der Waals surface area contributed by atoms with Crippen LogP contribution in [0.3, 0.4) is 0 Å². The summed E-state index contributed by atoms with van der Waals surface area (Å²) in [4.78, 5) is 0. The quantitative estimate of drug-likeness (QED) is 0.800. The van der Waals surface area contributed by atoms with Gasteiger partial charge in [-0.1, -0.05) is 6.92 Å². The predicted molar refractivity (Wildman–Crippen MR) is 63.0 cm³/mol. The van der Waals surface area contributed by atoms with E-state index in [2.05, 4.69) is 5.32 Å². The summed E-state index contributed by atoms with van der Waals surface area (Å²) in [5.41, 5.74) is -2.60. The molecule has 1 rings (SSSR count). The van der Waals surface area contributed by atoms with Crippen LogP contribution >= 0.6 is 0 Å². The smallest absolute Gasteiger partial charge is 0.310 e. The fourth-order valence-electron chi connectivity index (χ4n) is 1.56. The molecule has 0 amide bonds. The number of hydrogen-bond acceptors (Lipinski definition) is 1. The van der Waals surface area contributed by atoms with Crippen LogP contribution in [0.2, 0.25) is 0 Å². The van der Waals surface area contributed by atoms with Gasteiger partial charge in [-0.3, -0.25) is 0 Å². The van der Waals surface area contributed by atoms with Gasteiger partial charge in [-0.05, 0) is 37.1 Å². The molecule has 1 nitrogen and oxygen atoms in total. The second-order valence-corrected chi connectivity index (χ2v) is 4.60. The molecule has 0 saturated heterocycles. The van der Waals surface area contributed by atoms with E-state index in [4.69, 9.17) is 0 Å². The summed E-state index contributed by atoms with van der Waals surface area (Å²) in [6.07, 6.45) is -8.87. The second kappa shape index (κ2) is 6.03. The Hall–Kier alpha value is -1.24. The normalized spacial score (nSPS) is 14.4. The highest BCUT2D eigenvalue weighted by atomic mass is 19.4. The lowest BCUT2D eigenvalue weighted by molar-refractivity contribution is -0.143. The summed E-state index contributed by atoms with van der Waals surface area (Å²) in [6.45, 7) is 3.63. The average Bonchev–Trinajstić information content (AvgIpc) is 2.33. The number of rotatable bonds is 4. The highest BCUT2D eigenvalue weighted by Crippen LogP contribution is 2.36. The Morgan fingerprint density at radius 3 is 1.75 bits per heavy atom. The maximum atomic E-state index is 12.6. The molecule has 1 unspecified atom stereocenters. The molecule has 0 aliphatic heterocycles. The Labute approximate surface area is 113 Å². The molecule has 7 heteroatoms. The van der Waals surface area contributed by atoms with Crippen LogP contribution in [-0.4, -0.2) is 6.04 Å². The van der Waals surface area contributed by atoms with E-state index >= 15 is 0 Å². The van der Waals surface area contributed by atoms with Gasteiger partial charge in [-0.2, -0.15) is 26.3 Å². The van der Waals surface area contributed by atoms with Gasteiger partial charge in [-0.15, -0.1) is 0 Å². The third-order valence-electron chi connectivity index (χ3n) is 2.91. The molecule has 1 aromatic rings. The molecule has 0 radical (unpaired) electrons. The van der Waals surface area contributed by atoms with E-state index in [0.29, 0.717) is 0 Å². The predicted octanol–water partition coefficient (Wildman–Crippen LogP) is 4.61. The summed E-state index contributed by atoms with van der Waals surface area (Å²) in [6, 6.07) is 1.63. The zero-order valence-electron chi connectivity index (χ0n) is 11.0. The molecule has 1 atom stereocenters. The molecule has 0 fully saturated rings. The van der Waals surface area contributed by atoms with Crippen molar-refractivity contribution >= 4 is 0 Å². The molecule has 0 bridgehead atoms. The van der Waals surface area contributed by atoms with Gasteiger partial charge in [0.2, 0.25) is 0 Å². The van der Waals surface area contributed by atoms with Crippen LogP contribution in [0.5, 0.6) is 0 Å². The Kier molecular flexibility index (Phi) is 5.07. The summed E-state index contributed by atoms with van der Waals surface area (Å²) < 4.78 is 75.7. The van der Waals surface area contributed by atoms with Gasteiger partial charge < -0.3 is 5.32 Å². The topological polar surface area (TPSA) is 12.0 Å². The molecular formula is C13H15F6N. The van der Waals surface area contributed by atoms with Crippen molar-refractivity contribution in [2.75, 3.05) is 0 Å². The minimum absolute atomic E-state index is 0.0129. The van der Waals surface area contributed by atoms with Crippen LogP contribution in [0.25, 0.3) is 0 Å². The number of halogens is 6. The molecule has 0 aromatic heterocycles. The number of nitrogens with one attached hydrogen (secondary N) is 1. The Morgan fingerprint density at radius 2 is 1.40 bits per heavy atom. The molecular weight excluding hydrogens is 284 g/mol. The van der Waals surface area contributed by atoms with E-state index < -0.39 is 23.5 Å². The van der Waals surface area contributed by atoms with E-state index in [1.807, 2.05) is 6.92 Å². The zero-order valence-corrected chi connectivity index (χ0v) is 11.0. The minimum Gasteiger partial charge on any atom is -0.310 e. The molecule has 0 heterocycles. The second-order valence-electron chi connectivity index (χ2n) is 4.60. The van der Waals surface area contributed by atoms with Crippen molar-refractivity contribution in [3.05, 3.63) is 34.9 Å². The van der Waals surface area contributed by atoms with E-state index in [-0.39, 0.29) is 24.2 Å². The number of alkyl halides is 6. The number of benzene rings is 1. The van der Waals surface area contributed by atoms with Crippen molar-refractivity contribution in [1.29, 1.82) is 0 Å². The largest absolute Gasteiger partial charge is 0.416 e. The highest BCUT2D eigenvalue weighted by molar-refractivity contribution is 5.33. The molecule has 114 valence electrons. The standard InChI is InChI=1S/C13H15F6N/c1-3-8(2)20-7-9-4-10(12(14,15)16)6-11(5-9)13(17,18)19/h4-6,8,20H,3,7H2,1-2H3. The van der Waals surface area contributed by atoms with Gasteiger partial charge in [-0.25, -0.2) is 0 Å². The van der Waals surface area contributed by atoms with Crippen LogP contribution in [0.15, 0.2) is 18.2 Å². The van der Waals surface area contributed by atoms with Gasteiger partial charge in [0.1, 0.15) is 0 Å². The lowest BCUT2D eigenvalue weighted by Crippen LogP contribution is -2.25. The summed E-state index contributed by atoms with van der Waals surface area (Å²) >= 11 is 0. The van der Waals surface area contributed by atoms with Crippen molar-refractivity contribution in [2.45, 2.75) is 45.2 Å². The van der Waals surface area contributed by atoms with Crippen molar-refractivity contribution in [2.24, 2.45) is 0 Å². The van der Waals surface area contributed by atoms with Crippen LogP contribution in [0.4, 0.5) is 26.3 Å². The van der Waals surface area contributed by atoms with E-state index in [1.165, 1.54) is 0 Å². The first-order chi connectivity index (χ1) is 9.04. The molecule has 0 aliphatic carbocycles. The Balaban J connectivity index is 3.11. The first kappa shape index (κ1) is 16.8. The van der Waals surface area contributed by atoms with Gasteiger partial charge in [0, 0.05) is 12.6 Å². The summed E-state index contributed by atoms with van der Waals surface area (Å²) in [5.74, 6) is 0. The third-order valence-corrected chi connectivity index (χ3v) is 2.91. The van der Waals surface area contributed by atoms with Gasteiger partial charge in [0.15, 0.2) is 0 Å². The lowest BCUT2D eigenvalue weighted by atomic mass is 10.0. The average molecular weight is 299 g/mol. The first-order valence-corrected chi connectivity index (χ1v) is 6.05. The minimum atomic E-state index is -4.80. The molecule has 1 aromatic carbocycles. The maximum Gasteiger partial charge on any atom is 0.416 e. The van der Waals surface area contributed by atoms with Gasteiger partial charge in [0.05, 0.1) is 11.1 Å². The lowest BCUT2D eigenvalue weighted by Gasteiger charge is -2.16. The van der Waals surface area contributed by atoms with Crippen LogP contribution in [0, 0.1) is 0 Å². The third kappa shape index (κ3) is 4.70. The van der Waals surface area contributed by atoms with Crippen LogP contribution in [0.1, 0.15) is 37.0 Å². The number of hydrogen-bond donors (Lipinski definition) is 1. The van der Waals surface area contributed by atoms with Crippen LogP contribution < -0.4 is 5.32 Å². The van der Waals surface area contributed by atoms with Gasteiger partial charge >= 0.3 is 12.4 Å². The molecule has 0 saturated carbocycles. The van der Waals surface area contributed by atoms with E-state index in [0.717, 1.165) is 18.6 Å². The Bertz CT molecular complexity index is 417. The van der Waals surface area contributed by atoms with Crippen molar-refractivity contribution in [1.82, 2.24) is 5.32 Å². The molecule has 1 N–H and O–H groups in total. The Morgan fingerprint density at radius 1 is 0.950 bits per heavy atom. The SMILES string of the molecule is CCC(C)NCc1cc(C(F)(F)F)cc(C(F)(F)F)c1. The monoisotopic (exact) mass is 299 g/mol. The van der Waals surface area contributed by atoms with Gasteiger partial charge in [0.25, 0.3) is 0 Å².